The van der Waals surface area contributed by atoms with Crippen LogP contribution in [0.1, 0.15) is 38.2 Å². The first-order valence-electron chi connectivity index (χ1n) is 10.2. The molecule has 160 valence electrons. The van der Waals surface area contributed by atoms with Crippen molar-refractivity contribution in [3.05, 3.63) is 42.1 Å². The minimum Gasteiger partial charge on any atom is -0.356 e. The van der Waals surface area contributed by atoms with Crippen LogP contribution in [0.4, 0.5) is 5.82 Å². The highest BCUT2D eigenvalue weighted by Crippen LogP contribution is 2.18. The number of nitrogens with one attached hydrogen (secondary N) is 2. The summed E-state index contributed by atoms with van der Waals surface area (Å²) in [6, 6.07) is 6.64. The van der Waals surface area contributed by atoms with Gasteiger partial charge in [0, 0.05) is 50.8 Å². The first kappa shape index (κ1) is 23.4. The molecular weight excluding hydrogens is 477 g/mol. The molecule has 1 fully saturated rings. The summed E-state index contributed by atoms with van der Waals surface area (Å²) in [5.41, 5.74) is 1.07. The lowest BCUT2D eigenvalue weighted by Crippen LogP contribution is -2.48. The summed E-state index contributed by atoms with van der Waals surface area (Å²) < 4.78 is 2.21. The molecule has 1 aliphatic heterocycles. The number of anilines is 1. The van der Waals surface area contributed by atoms with Crippen LogP contribution >= 0.6 is 24.0 Å². The Labute approximate surface area is 191 Å². The van der Waals surface area contributed by atoms with Crippen LogP contribution in [0.15, 0.2) is 35.6 Å². The molecule has 8 heteroatoms. The molecule has 7 nitrogen and oxygen atoms in total. The summed E-state index contributed by atoms with van der Waals surface area (Å²) >= 11 is 0. The van der Waals surface area contributed by atoms with E-state index in [1.807, 2.05) is 32.4 Å². The molecule has 0 radical (unpaired) electrons. The molecule has 0 amide bonds. The lowest BCUT2D eigenvalue weighted by Gasteiger charge is -2.34. The molecule has 0 atom stereocenters. The molecular formula is C21H34IN7. The fourth-order valence-electron chi connectivity index (χ4n) is 3.58. The summed E-state index contributed by atoms with van der Waals surface area (Å²) in [5, 5.41) is 6.98. The van der Waals surface area contributed by atoms with Crippen molar-refractivity contribution < 1.29 is 0 Å². The summed E-state index contributed by atoms with van der Waals surface area (Å²) in [7, 11) is 1.82. The van der Waals surface area contributed by atoms with Gasteiger partial charge < -0.3 is 20.1 Å². The Morgan fingerprint density at radius 1 is 1.28 bits per heavy atom. The molecule has 1 saturated heterocycles. The monoisotopic (exact) mass is 511 g/mol. The van der Waals surface area contributed by atoms with E-state index < -0.39 is 0 Å². The maximum atomic E-state index is 4.65. The number of hydrogen-bond donors (Lipinski definition) is 2. The van der Waals surface area contributed by atoms with Crippen molar-refractivity contribution in [2.75, 3.05) is 25.0 Å². The maximum absolute atomic E-state index is 4.65. The minimum atomic E-state index is 0. The Kier molecular flexibility index (Phi) is 9.19. The molecule has 29 heavy (non-hydrogen) atoms. The van der Waals surface area contributed by atoms with Gasteiger partial charge in [-0.1, -0.05) is 19.9 Å². The number of aryl methyl sites for hydroxylation is 1. The molecule has 2 aromatic heterocycles. The Morgan fingerprint density at radius 2 is 2.03 bits per heavy atom. The van der Waals surface area contributed by atoms with E-state index in [1.54, 1.807) is 0 Å². The van der Waals surface area contributed by atoms with Gasteiger partial charge in [-0.05, 0) is 37.8 Å². The number of hydrogen-bond acceptors (Lipinski definition) is 4. The molecule has 3 rings (SSSR count). The fraction of sp³-hybridized carbons (Fsp3) is 0.571. The topological polar surface area (TPSA) is 70.4 Å². The summed E-state index contributed by atoms with van der Waals surface area (Å²) in [4.78, 5) is 15.9. The number of pyridine rings is 1. The van der Waals surface area contributed by atoms with Crippen LogP contribution in [0.5, 0.6) is 0 Å². The number of aromatic nitrogens is 3. The van der Waals surface area contributed by atoms with Crippen molar-refractivity contribution in [2.24, 2.45) is 10.9 Å². The zero-order valence-corrected chi connectivity index (χ0v) is 20.3. The van der Waals surface area contributed by atoms with Crippen molar-refractivity contribution in [3.63, 3.8) is 0 Å². The molecule has 2 N–H and O–H groups in total. The van der Waals surface area contributed by atoms with Gasteiger partial charge in [0.25, 0.3) is 0 Å². The summed E-state index contributed by atoms with van der Waals surface area (Å²) in [5.74, 6) is 3.56. The van der Waals surface area contributed by atoms with Gasteiger partial charge in [0.2, 0.25) is 0 Å². The fourth-order valence-corrected chi connectivity index (χ4v) is 3.58. The third-order valence-corrected chi connectivity index (χ3v) is 5.03. The first-order chi connectivity index (χ1) is 13.5. The third kappa shape index (κ3) is 6.87. The predicted molar refractivity (Wildman–Crippen MR) is 130 cm³/mol. The second kappa shape index (κ2) is 11.4. The van der Waals surface area contributed by atoms with E-state index in [0.717, 1.165) is 55.8 Å². The molecule has 1 aliphatic rings. The quantitative estimate of drug-likeness (QED) is 0.354. The van der Waals surface area contributed by atoms with Gasteiger partial charge >= 0.3 is 0 Å². The van der Waals surface area contributed by atoms with E-state index in [-0.39, 0.29) is 24.0 Å². The van der Waals surface area contributed by atoms with E-state index >= 15 is 0 Å². The van der Waals surface area contributed by atoms with Crippen LogP contribution in [-0.2, 0) is 13.1 Å². The van der Waals surface area contributed by atoms with Crippen LogP contribution in [0.2, 0.25) is 0 Å². The number of imidazole rings is 1. The van der Waals surface area contributed by atoms with Crippen LogP contribution < -0.4 is 15.5 Å². The first-order valence-corrected chi connectivity index (χ1v) is 10.2. The molecule has 0 unspecified atom stereocenters. The van der Waals surface area contributed by atoms with Crippen LogP contribution in [0.25, 0.3) is 0 Å². The second-order valence-electron chi connectivity index (χ2n) is 7.86. The smallest absolute Gasteiger partial charge is 0.191 e. The lowest BCUT2D eigenvalue weighted by molar-refractivity contribution is 0.458. The number of nitrogens with zero attached hydrogens (tertiary/aromatic N) is 5. The van der Waals surface area contributed by atoms with Crippen molar-refractivity contribution in [2.45, 2.75) is 52.7 Å². The third-order valence-electron chi connectivity index (χ3n) is 5.03. The molecule has 0 spiro atoms. The van der Waals surface area contributed by atoms with E-state index in [2.05, 4.69) is 61.0 Å². The van der Waals surface area contributed by atoms with E-state index in [9.17, 15) is 0 Å². The summed E-state index contributed by atoms with van der Waals surface area (Å²) in [6.07, 6.45) is 6.05. The van der Waals surface area contributed by atoms with Gasteiger partial charge in [0.15, 0.2) is 5.96 Å². The van der Waals surface area contributed by atoms with Crippen molar-refractivity contribution in [1.82, 2.24) is 25.2 Å². The van der Waals surface area contributed by atoms with Crippen LogP contribution in [0, 0.1) is 12.8 Å². The Morgan fingerprint density at radius 3 is 2.69 bits per heavy atom. The van der Waals surface area contributed by atoms with Gasteiger partial charge in [-0.15, -0.1) is 24.0 Å². The van der Waals surface area contributed by atoms with Gasteiger partial charge in [0.1, 0.15) is 11.6 Å². The number of guanidine groups is 1. The number of aliphatic imine (C=N–C) groups is 1. The molecule has 0 aromatic carbocycles. The Bertz CT molecular complexity index is 779. The lowest BCUT2D eigenvalue weighted by atomic mass is 10.1. The normalized spacial score (nSPS) is 15.3. The van der Waals surface area contributed by atoms with Crippen molar-refractivity contribution in [3.8, 4) is 0 Å². The van der Waals surface area contributed by atoms with Crippen LogP contribution in [0.3, 0.4) is 0 Å². The second-order valence-corrected chi connectivity index (χ2v) is 7.86. The van der Waals surface area contributed by atoms with Gasteiger partial charge in [-0.2, -0.15) is 0 Å². The van der Waals surface area contributed by atoms with E-state index in [1.165, 1.54) is 0 Å². The van der Waals surface area contributed by atoms with E-state index in [0.29, 0.717) is 18.5 Å². The Balaban J connectivity index is 0.00000300. The molecule has 3 heterocycles. The summed E-state index contributed by atoms with van der Waals surface area (Å²) in [6.45, 7) is 10.1. The maximum Gasteiger partial charge on any atom is 0.191 e. The minimum absolute atomic E-state index is 0. The molecule has 0 bridgehead atoms. The molecule has 0 aliphatic carbocycles. The van der Waals surface area contributed by atoms with Gasteiger partial charge in [-0.3, -0.25) is 4.99 Å². The average Bonchev–Trinajstić information content (AvgIpc) is 3.12. The largest absolute Gasteiger partial charge is 0.356 e. The van der Waals surface area contributed by atoms with Crippen molar-refractivity contribution in [1.29, 1.82) is 0 Å². The van der Waals surface area contributed by atoms with Gasteiger partial charge in [0.05, 0.1) is 6.54 Å². The number of halogens is 1. The van der Waals surface area contributed by atoms with E-state index in [4.69, 9.17) is 0 Å². The van der Waals surface area contributed by atoms with Crippen LogP contribution in [-0.4, -0.2) is 46.7 Å². The highest BCUT2D eigenvalue weighted by atomic mass is 127. The number of rotatable bonds is 6. The average molecular weight is 511 g/mol. The highest BCUT2D eigenvalue weighted by molar-refractivity contribution is 14.0. The Hall–Kier alpha value is -1.84. The van der Waals surface area contributed by atoms with Gasteiger partial charge in [-0.25, -0.2) is 9.97 Å². The zero-order valence-electron chi connectivity index (χ0n) is 17.9. The SMILES string of the molecule is CN=C(NCc1nccn1CC(C)C)NC1CCN(c2cccc(C)n2)CC1.I. The predicted octanol–water partition coefficient (Wildman–Crippen LogP) is 3.19. The highest BCUT2D eigenvalue weighted by Gasteiger charge is 2.21. The zero-order chi connectivity index (χ0) is 19.9. The standard InChI is InChI=1S/C21H33N7.HI/c1-16(2)15-28-13-10-23-20(28)14-24-21(22-4)26-18-8-11-27(12-9-18)19-7-5-6-17(3)25-19;/h5-7,10,13,16,18H,8-9,11-12,14-15H2,1-4H3,(H2,22,24,26);1H. The molecule has 2 aromatic rings. The number of piperidine rings is 1. The molecule has 0 saturated carbocycles. The van der Waals surface area contributed by atoms with Crippen molar-refractivity contribution >= 4 is 35.8 Å².